The standard InChI is InChI=1S/C15H18N4O3/c1-9(2)12(15(21)22)17-14(20)11-6-4-10(5-7-11)13-16-8-19(3)18-13/h4-9,12H,1-3H3,(H,17,20)(H,21,22)/t12-/m1/s1. The third-order valence-corrected chi connectivity index (χ3v) is 3.22. The number of aryl methyl sites for hydroxylation is 1. The molecule has 116 valence electrons. The summed E-state index contributed by atoms with van der Waals surface area (Å²) in [6.45, 7) is 3.49. The number of carboxylic acid groups (broad SMARTS) is 1. The number of aromatic nitrogens is 3. The van der Waals surface area contributed by atoms with Crippen LogP contribution in [0.15, 0.2) is 30.6 Å². The summed E-state index contributed by atoms with van der Waals surface area (Å²) in [4.78, 5) is 27.4. The quantitative estimate of drug-likeness (QED) is 0.868. The molecule has 0 fully saturated rings. The average molecular weight is 302 g/mol. The smallest absolute Gasteiger partial charge is 0.326 e. The number of aliphatic carboxylic acids is 1. The van der Waals surface area contributed by atoms with Crippen molar-refractivity contribution in [1.29, 1.82) is 0 Å². The average Bonchev–Trinajstić information content (AvgIpc) is 2.90. The van der Waals surface area contributed by atoms with E-state index in [0.717, 1.165) is 5.56 Å². The highest BCUT2D eigenvalue weighted by Crippen LogP contribution is 2.15. The number of carbonyl (C=O) groups excluding carboxylic acids is 1. The van der Waals surface area contributed by atoms with Crippen LogP contribution in [-0.2, 0) is 11.8 Å². The lowest BCUT2D eigenvalue weighted by Gasteiger charge is -2.17. The van der Waals surface area contributed by atoms with Gasteiger partial charge < -0.3 is 10.4 Å². The van der Waals surface area contributed by atoms with E-state index >= 15 is 0 Å². The normalized spacial score (nSPS) is 12.2. The van der Waals surface area contributed by atoms with Gasteiger partial charge in [0, 0.05) is 18.2 Å². The molecule has 0 bridgehead atoms. The summed E-state index contributed by atoms with van der Waals surface area (Å²) in [5, 5.41) is 15.8. The molecule has 0 spiro atoms. The number of nitrogens with zero attached hydrogens (tertiary/aromatic N) is 3. The molecule has 0 radical (unpaired) electrons. The van der Waals surface area contributed by atoms with Crippen LogP contribution in [0.3, 0.4) is 0 Å². The van der Waals surface area contributed by atoms with Crippen LogP contribution in [-0.4, -0.2) is 37.8 Å². The molecule has 7 heteroatoms. The molecule has 2 aromatic rings. The molecule has 0 aliphatic heterocycles. The van der Waals surface area contributed by atoms with Gasteiger partial charge in [0.05, 0.1) is 0 Å². The first-order valence-corrected chi connectivity index (χ1v) is 6.88. The molecule has 0 aliphatic rings. The minimum atomic E-state index is -1.04. The van der Waals surface area contributed by atoms with Crippen molar-refractivity contribution in [2.75, 3.05) is 0 Å². The predicted octanol–water partition coefficient (Wildman–Crippen LogP) is 1.32. The van der Waals surface area contributed by atoms with Crippen LogP contribution in [0.1, 0.15) is 24.2 Å². The molecule has 0 aliphatic carbocycles. The molecule has 0 saturated carbocycles. The van der Waals surface area contributed by atoms with Gasteiger partial charge in [-0.15, -0.1) is 0 Å². The van der Waals surface area contributed by atoms with E-state index in [2.05, 4.69) is 15.4 Å². The molecule has 0 unspecified atom stereocenters. The summed E-state index contributed by atoms with van der Waals surface area (Å²) in [6.07, 6.45) is 1.59. The highest BCUT2D eigenvalue weighted by atomic mass is 16.4. The molecule has 1 aromatic carbocycles. The molecule has 1 heterocycles. The highest BCUT2D eigenvalue weighted by Gasteiger charge is 2.23. The van der Waals surface area contributed by atoms with Crippen LogP contribution in [0.2, 0.25) is 0 Å². The van der Waals surface area contributed by atoms with E-state index in [1.807, 2.05) is 0 Å². The molecule has 1 atom stereocenters. The lowest BCUT2D eigenvalue weighted by Crippen LogP contribution is -2.44. The summed E-state index contributed by atoms with van der Waals surface area (Å²) >= 11 is 0. The number of hydrogen-bond acceptors (Lipinski definition) is 4. The minimum Gasteiger partial charge on any atom is -0.480 e. The van der Waals surface area contributed by atoms with E-state index in [1.165, 1.54) is 0 Å². The third-order valence-electron chi connectivity index (χ3n) is 3.22. The maximum Gasteiger partial charge on any atom is 0.326 e. The van der Waals surface area contributed by atoms with Crippen LogP contribution in [0, 0.1) is 5.92 Å². The van der Waals surface area contributed by atoms with Gasteiger partial charge in [0.1, 0.15) is 12.4 Å². The number of benzene rings is 1. The Balaban J connectivity index is 2.13. The van der Waals surface area contributed by atoms with Crippen molar-refractivity contribution in [2.24, 2.45) is 13.0 Å². The predicted molar refractivity (Wildman–Crippen MR) is 80.2 cm³/mol. The van der Waals surface area contributed by atoms with Crippen molar-refractivity contribution in [3.05, 3.63) is 36.2 Å². The Morgan fingerprint density at radius 2 is 1.86 bits per heavy atom. The van der Waals surface area contributed by atoms with Crippen LogP contribution >= 0.6 is 0 Å². The first kappa shape index (κ1) is 15.7. The zero-order valence-corrected chi connectivity index (χ0v) is 12.6. The molecule has 22 heavy (non-hydrogen) atoms. The van der Waals surface area contributed by atoms with Gasteiger partial charge in [-0.1, -0.05) is 26.0 Å². The Morgan fingerprint density at radius 1 is 1.23 bits per heavy atom. The van der Waals surface area contributed by atoms with Gasteiger partial charge in [0.2, 0.25) is 0 Å². The van der Waals surface area contributed by atoms with Gasteiger partial charge in [-0.2, -0.15) is 5.10 Å². The highest BCUT2D eigenvalue weighted by molar-refractivity contribution is 5.96. The van der Waals surface area contributed by atoms with Crippen molar-refractivity contribution in [2.45, 2.75) is 19.9 Å². The lowest BCUT2D eigenvalue weighted by atomic mass is 10.0. The van der Waals surface area contributed by atoms with Gasteiger partial charge in [0.15, 0.2) is 5.82 Å². The van der Waals surface area contributed by atoms with Gasteiger partial charge in [-0.3, -0.25) is 9.48 Å². The summed E-state index contributed by atoms with van der Waals surface area (Å²) in [5.74, 6) is -1.09. The monoisotopic (exact) mass is 302 g/mol. The maximum atomic E-state index is 12.1. The van der Waals surface area contributed by atoms with Gasteiger partial charge in [0.25, 0.3) is 5.91 Å². The second-order valence-electron chi connectivity index (χ2n) is 5.35. The van der Waals surface area contributed by atoms with Crippen molar-refractivity contribution in [3.63, 3.8) is 0 Å². The van der Waals surface area contributed by atoms with Crippen molar-refractivity contribution >= 4 is 11.9 Å². The van der Waals surface area contributed by atoms with Crippen molar-refractivity contribution < 1.29 is 14.7 Å². The molecule has 2 N–H and O–H groups in total. The molecule has 1 aromatic heterocycles. The largest absolute Gasteiger partial charge is 0.480 e. The molecule has 7 nitrogen and oxygen atoms in total. The number of carbonyl (C=O) groups is 2. The van der Waals surface area contributed by atoms with Crippen LogP contribution < -0.4 is 5.32 Å². The lowest BCUT2D eigenvalue weighted by molar-refractivity contribution is -0.140. The van der Waals surface area contributed by atoms with Crippen molar-refractivity contribution in [1.82, 2.24) is 20.1 Å². The molecular weight excluding hydrogens is 284 g/mol. The number of carboxylic acids is 1. The van der Waals surface area contributed by atoms with Crippen LogP contribution in [0.4, 0.5) is 0 Å². The Hall–Kier alpha value is -2.70. The van der Waals surface area contributed by atoms with E-state index < -0.39 is 17.9 Å². The first-order valence-electron chi connectivity index (χ1n) is 6.88. The fraction of sp³-hybridized carbons (Fsp3) is 0.333. The van der Waals surface area contributed by atoms with E-state index in [9.17, 15) is 9.59 Å². The Labute approximate surface area is 128 Å². The number of hydrogen-bond donors (Lipinski definition) is 2. The number of nitrogens with one attached hydrogen (secondary N) is 1. The van der Waals surface area contributed by atoms with Crippen LogP contribution in [0.5, 0.6) is 0 Å². The Bertz CT molecular complexity index is 676. The summed E-state index contributed by atoms with van der Waals surface area (Å²) in [7, 11) is 1.77. The third kappa shape index (κ3) is 3.49. The SMILES string of the molecule is CC(C)[C@@H](NC(=O)c1ccc(-c2ncn(C)n2)cc1)C(=O)O. The van der Waals surface area contributed by atoms with Crippen LogP contribution in [0.25, 0.3) is 11.4 Å². The van der Waals surface area contributed by atoms with Gasteiger partial charge in [-0.05, 0) is 18.1 Å². The summed E-state index contributed by atoms with van der Waals surface area (Å²) < 4.78 is 1.59. The second kappa shape index (κ2) is 6.38. The second-order valence-corrected chi connectivity index (χ2v) is 5.35. The maximum absolute atomic E-state index is 12.1. The molecule has 1 amide bonds. The summed E-state index contributed by atoms with van der Waals surface area (Å²) in [6, 6.07) is 5.80. The number of amides is 1. The van der Waals surface area contributed by atoms with Crippen molar-refractivity contribution in [3.8, 4) is 11.4 Å². The van der Waals surface area contributed by atoms with Gasteiger partial charge >= 0.3 is 5.97 Å². The first-order chi connectivity index (χ1) is 10.4. The molecule has 0 saturated heterocycles. The van der Waals surface area contributed by atoms with E-state index in [1.54, 1.807) is 56.2 Å². The van der Waals surface area contributed by atoms with E-state index in [4.69, 9.17) is 5.11 Å². The fourth-order valence-electron chi connectivity index (χ4n) is 1.98. The minimum absolute atomic E-state index is 0.196. The number of rotatable bonds is 5. The Kier molecular flexibility index (Phi) is 4.55. The molecular formula is C15H18N4O3. The Morgan fingerprint density at radius 3 is 2.32 bits per heavy atom. The zero-order valence-electron chi connectivity index (χ0n) is 12.6. The topological polar surface area (TPSA) is 97.1 Å². The summed E-state index contributed by atoms with van der Waals surface area (Å²) in [5.41, 5.74) is 1.18. The van der Waals surface area contributed by atoms with E-state index in [-0.39, 0.29) is 5.92 Å². The fourth-order valence-corrected chi connectivity index (χ4v) is 1.98. The molecule has 2 rings (SSSR count). The van der Waals surface area contributed by atoms with E-state index in [0.29, 0.717) is 11.4 Å². The van der Waals surface area contributed by atoms with Gasteiger partial charge in [-0.25, -0.2) is 9.78 Å². The zero-order chi connectivity index (χ0) is 16.3.